The van der Waals surface area contributed by atoms with Gasteiger partial charge in [-0.2, -0.15) is 10.5 Å². The fraction of sp³-hybridized carbons (Fsp3) is 0.138. The first-order valence-electron chi connectivity index (χ1n) is 11.9. The van der Waals surface area contributed by atoms with Crippen molar-refractivity contribution in [2.45, 2.75) is 20.1 Å². The molecule has 0 bridgehead atoms. The number of H-pyrrole nitrogens is 1. The minimum absolute atomic E-state index is 0.0260. The van der Waals surface area contributed by atoms with Crippen molar-refractivity contribution in [1.82, 2.24) is 19.1 Å². The zero-order valence-corrected chi connectivity index (χ0v) is 21.8. The highest BCUT2D eigenvalue weighted by atomic mass is 35.5. The first kappa shape index (κ1) is 25.5. The molecule has 0 atom stereocenters. The molecule has 0 amide bonds. The van der Waals surface area contributed by atoms with E-state index in [-0.39, 0.29) is 29.3 Å². The van der Waals surface area contributed by atoms with Crippen molar-refractivity contribution in [2.75, 3.05) is 0 Å². The normalized spacial score (nSPS) is 10.8. The molecule has 9 nitrogen and oxygen atoms in total. The standard InChI is InChI=1S/C29H21ClN6O3/c1-17-11-21(25-9-8-19(13-32)35(25)2)20-6-3-7-26(27(20)34-17)39-16-23-22(28(37)33-14-24(23)30)15-36-10-4-5-18(12-31)29(36)38/h3-11,14H,15-16H2,1-2H3,(H,33,37). The number of hydrogen-bond donors (Lipinski definition) is 1. The second-order valence-corrected chi connectivity index (χ2v) is 9.32. The van der Waals surface area contributed by atoms with Crippen LogP contribution in [0.15, 0.2) is 70.5 Å². The van der Waals surface area contributed by atoms with Crippen molar-refractivity contribution in [3.8, 4) is 29.1 Å². The number of benzene rings is 1. The van der Waals surface area contributed by atoms with Gasteiger partial charge >= 0.3 is 0 Å². The number of aromatic nitrogens is 4. The van der Waals surface area contributed by atoms with E-state index in [4.69, 9.17) is 21.3 Å². The van der Waals surface area contributed by atoms with Crippen LogP contribution in [0.5, 0.6) is 5.75 Å². The Morgan fingerprint density at radius 1 is 1.08 bits per heavy atom. The Bertz CT molecular complexity index is 1960. The molecule has 0 radical (unpaired) electrons. The second-order valence-electron chi connectivity index (χ2n) is 8.92. The van der Waals surface area contributed by atoms with Crippen LogP contribution in [0.4, 0.5) is 0 Å². The molecule has 4 heterocycles. The van der Waals surface area contributed by atoms with Crippen LogP contribution in [0.1, 0.15) is 28.1 Å². The topological polar surface area (TPSA) is 129 Å². The van der Waals surface area contributed by atoms with Crippen molar-refractivity contribution >= 4 is 22.5 Å². The number of halogens is 1. The lowest BCUT2D eigenvalue weighted by molar-refractivity contribution is 0.307. The molecule has 10 heteroatoms. The minimum atomic E-state index is -0.507. The molecule has 5 rings (SSSR count). The van der Waals surface area contributed by atoms with E-state index in [1.165, 1.54) is 23.0 Å². The molecule has 39 heavy (non-hydrogen) atoms. The molecular formula is C29H21ClN6O3. The van der Waals surface area contributed by atoms with Gasteiger partial charge in [-0.1, -0.05) is 23.7 Å². The number of hydrogen-bond acceptors (Lipinski definition) is 6. The van der Waals surface area contributed by atoms with E-state index >= 15 is 0 Å². The summed E-state index contributed by atoms with van der Waals surface area (Å²) in [6.07, 6.45) is 2.89. The predicted molar refractivity (Wildman–Crippen MR) is 147 cm³/mol. The van der Waals surface area contributed by atoms with E-state index in [1.54, 1.807) is 18.2 Å². The van der Waals surface area contributed by atoms with E-state index in [0.29, 0.717) is 22.5 Å². The maximum atomic E-state index is 12.8. The van der Waals surface area contributed by atoms with Gasteiger partial charge in [-0.05, 0) is 43.3 Å². The van der Waals surface area contributed by atoms with Gasteiger partial charge in [0, 0.05) is 52.9 Å². The summed E-state index contributed by atoms with van der Waals surface area (Å²) in [5, 5.41) is 19.7. The zero-order chi connectivity index (χ0) is 27.7. The maximum absolute atomic E-state index is 12.8. The highest BCUT2D eigenvalue weighted by molar-refractivity contribution is 6.31. The number of pyridine rings is 3. The summed E-state index contributed by atoms with van der Waals surface area (Å²) in [5.41, 5.74) is 3.40. The third kappa shape index (κ3) is 4.68. The number of nitriles is 2. The third-order valence-electron chi connectivity index (χ3n) is 6.54. The van der Waals surface area contributed by atoms with Gasteiger partial charge in [0.15, 0.2) is 0 Å². The molecule has 0 saturated carbocycles. The molecule has 1 aromatic carbocycles. The highest BCUT2D eigenvalue weighted by Gasteiger charge is 2.17. The number of nitrogens with one attached hydrogen (secondary N) is 1. The van der Waals surface area contributed by atoms with Crippen LogP contribution in [0, 0.1) is 29.6 Å². The number of aromatic amines is 1. The Morgan fingerprint density at radius 2 is 1.90 bits per heavy atom. The lowest BCUT2D eigenvalue weighted by Gasteiger charge is -2.16. The second kappa shape index (κ2) is 10.3. The third-order valence-corrected chi connectivity index (χ3v) is 6.88. The van der Waals surface area contributed by atoms with Crippen molar-refractivity contribution in [1.29, 1.82) is 10.5 Å². The number of fused-ring (bicyclic) bond motifs is 1. The summed E-state index contributed by atoms with van der Waals surface area (Å²) in [4.78, 5) is 32.7. The Kier molecular flexibility index (Phi) is 6.76. The maximum Gasteiger partial charge on any atom is 0.268 e. The monoisotopic (exact) mass is 536 g/mol. The molecule has 0 fully saturated rings. The van der Waals surface area contributed by atoms with E-state index in [1.807, 2.05) is 48.9 Å². The average molecular weight is 537 g/mol. The first-order chi connectivity index (χ1) is 18.8. The Morgan fingerprint density at radius 3 is 2.64 bits per heavy atom. The highest BCUT2D eigenvalue weighted by Crippen LogP contribution is 2.34. The van der Waals surface area contributed by atoms with E-state index in [9.17, 15) is 20.1 Å². The number of aryl methyl sites for hydroxylation is 1. The largest absolute Gasteiger partial charge is 0.487 e. The number of para-hydroxylation sites is 1. The van der Waals surface area contributed by atoms with Crippen LogP contribution in [0.25, 0.3) is 22.2 Å². The molecule has 0 spiro atoms. The SMILES string of the molecule is Cc1cc(-c2ccc(C#N)n2C)c2cccc(OCc3c(Cl)c[nH]c(=O)c3Cn3cccc(C#N)c3=O)c2n1. The summed E-state index contributed by atoms with van der Waals surface area (Å²) in [6.45, 7) is 1.74. The molecule has 1 N–H and O–H groups in total. The van der Waals surface area contributed by atoms with Crippen molar-refractivity contribution < 1.29 is 4.74 Å². The summed E-state index contributed by atoms with van der Waals surface area (Å²) in [6, 6.07) is 18.2. The summed E-state index contributed by atoms with van der Waals surface area (Å²) in [7, 11) is 1.84. The molecule has 192 valence electrons. The molecule has 0 aliphatic rings. The molecular weight excluding hydrogens is 516 g/mol. The molecule has 0 saturated heterocycles. The van der Waals surface area contributed by atoms with Crippen LogP contribution >= 0.6 is 11.6 Å². The van der Waals surface area contributed by atoms with Crippen molar-refractivity contribution in [3.05, 3.63) is 115 Å². The Hall–Kier alpha value is -5.12. The lowest BCUT2D eigenvalue weighted by atomic mass is 10.0. The van der Waals surface area contributed by atoms with Gasteiger partial charge in [0.2, 0.25) is 0 Å². The fourth-order valence-corrected chi connectivity index (χ4v) is 4.77. The van der Waals surface area contributed by atoms with E-state index < -0.39 is 11.1 Å². The molecule has 5 aromatic rings. The van der Waals surface area contributed by atoms with Gasteiger partial charge in [0.1, 0.15) is 41.3 Å². The lowest BCUT2D eigenvalue weighted by Crippen LogP contribution is -2.27. The predicted octanol–water partition coefficient (Wildman–Crippen LogP) is 4.42. The first-order valence-corrected chi connectivity index (χ1v) is 12.3. The van der Waals surface area contributed by atoms with E-state index in [2.05, 4.69) is 11.1 Å². The van der Waals surface area contributed by atoms with Crippen molar-refractivity contribution in [2.24, 2.45) is 7.05 Å². The van der Waals surface area contributed by atoms with Gasteiger partial charge in [-0.15, -0.1) is 0 Å². The fourth-order valence-electron chi connectivity index (χ4n) is 4.55. The van der Waals surface area contributed by atoms with Gasteiger partial charge in [0.25, 0.3) is 11.1 Å². The van der Waals surface area contributed by atoms with Gasteiger partial charge in [-0.25, -0.2) is 4.98 Å². The van der Waals surface area contributed by atoms with Gasteiger partial charge < -0.3 is 18.9 Å². The molecule has 0 aliphatic heterocycles. The van der Waals surface area contributed by atoms with Crippen LogP contribution in [-0.4, -0.2) is 19.1 Å². The Labute approximate surface area is 227 Å². The number of nitrogens with zero attached hydrogens (tertiary/aromatic N) is 5. The minimum Gasteiger partial charge on any atom is -0.487 e. The number of rotatable bonds is 6. The summed E-state index contributed by atoms with van der Waals surface area (Å²) in [5.74, 6) is 0.484. The van der Waals surface area contributed by atoms with Gasteiger partial charge in [-0.3, -0.25) is 9.59 Å². The quantitative estimate of drug-likeness (QED) is 0.342. The van der Waals surface area contributed by atoms with Crippen LogP contribution in [0.2, 0.25) is 5.02 Å². The average Bonchev–Trinajstić information content (AvgIpc) is 3.31. The van der Waals surface area contributed by atoms with Crippen molar-refractivity contribution in [3.63, 3.8) is 0 Å². The molecule has 0 aliphatic carbocycles. The van der Waals surface area contributed by atoms with E-state index in [0.717, 1.165) is 22.3 Å². The van der Waals surface area contributed by atoms with Crippen LogP contribution < -0.4 is 15.9 Å². The molecule has 4 aromatic heterocycles. The van der Waals surface area contributed by atoms with Gasteiger partial charge in [0.05, 0.1) is 11.6 Å². The summed E-state index contributed by atoms with van der Waals surface area (Å²) >= 11 is 6.48. The van der Waals surface area contributed by atoms with Crippen LogP contribution in [0.3, 0.4) is 0 Å². The molecule has 0 unspecified atom stereocenters. The zero-order valence-electron chi connectivity index (χ0n) is 21.0. The Balaban J connectivity index is 1.55. The number of ether oxygens (including phenoxy) is 1. The smallest absolute Gasteiger partial charge is 0.268 e. The summed E-state index contributed by atoms with van der Waals surface area (Å²) < 4.78 is 9.31. The van der Waals surface area contributed by atoms with Crippen LogP contribution in [-0.2, 0) is 20.2 Å².